The van der Waals surface area contributed by atoms with E-state index in [0.29, 0.717) is 11.5 Å². The highest BCUT2D eigenvalue weighted by atomic mass is 16.5. The fourth-order valence-corrected chi connectivity index (χ4v) is 7.17. The fourth-order valence-electron chi connectivity index (χ4n) is 7.17. The van der Waals surface area contributed by atoms with Crippen molar-refractivity contribution in [3.05, 3.63) is 108 Å². The highest BCUT2D eigenvalue weighted by molar-refractivity contribution is 5.33. The highest BCUT2D eigenvalue weighted by Gasteiger charge is 2.11. The standard InChI is InChI=1S/C54H82O6/c1-3-5-7-9-11-13-15-17-19-21-23-25-27-32-47-34-29-36-51(40-47)57-43-49(55)45-59-53-38-31-39-54(42-53)60-46-50(56)44-58-52-37-30-35-48(41-52)33-28-26-24-22-20-18-16-14-12-10-8-6-4-2/h9-12,29-31,34-42,49-50,55-56H,3-8,13-28,32-33,43-46H2,1-2H3. The van der Waals surface area contributed by atoms with E-state index in [1.165, 1.54) is 152 Å². The van der Waals surface area contributed by atoms with Gasteiger partial charge in [0.2, 0.25) is 0 Å². The molecular weight excluding hydrogens is 745 g/mol. The van der Waals surface area contributed by atoms with E-state index in [-0.39, 0.29) is 26.4 Å². The van der Waals surface area contributed by atoms with E-state index < -0.39 is 12.2 Å². The molecule has 2 atom stereocenters. The van der Waals surface area contributed by atoms with E-state index in [0.717, 1.165) is 24.3 Å². The van der Waals surface area contributed by atoms with Gasteiger partial charge in [-0.1, -0.05) is 158 Å². The first-order chi connectivity index (χ1) is 29.6. The molecule has 0 fully saturated rings. The van der Waals surface area contributed by atoms with Gasteiger partial charge in [-0.15, -0.1) is 0 Å². The number of aryl methyl sites for hydroxylation is 2. The minimum Gasteiger partial charge on any atom is -0.491 e. The van der Waals surface area contributed by atoms with Crippen LogP contribution >= 0.6 is 0 Å². The van der Waals surface area contributed by atoms with Crippen LogP contribution in [0.15, 0.2) is 97.1 Å². The third-order valence-corrected chi connectivity index (χ3v) is 10.8. The molecule has 6 nitrogen and oxygen atoms in total. The Balaban J connectivity index is 1.21. The van der Waals surface area contributed by atoms with Crippen molar-refractivity contribution in [3.8, 4) is 23.0 Å². The molecule has 0 bridgehead atoms. The van der Waals surface area contributed by atoms with Crippen molar-refractivity contribution in [2.24, 2.45) is 0 Å². The Morgan fingerprint density at radius 3 is 1.05 bits per heavy atom. The summed E-state index contributed by atoms with van der Waals surface area (Å²) in [6, 6.07) is 23.6. The van der Waals surface area contributed by atoms with Gasteiger partial charge in [-0.05, 0) is 112 Å². The first-order valence-electron chi connectivity index (χ1n) is 24.0. The number of ether oxygens (including phenoxy) is 4. The minimum absolute atomic E-state index is 0.0891. The molecule has 0 amide bonds. The number of hydrogen-bond donors (Lipinski definition) is 2. The maximum atomic E-state index is 10.6. The molecule has 0 aliphatic carbocycles. The number of benzene rings is 3. The average Bonchev–Trinajstić information content (AvgIpc) is 3.27. The minimum atomic E-state index is -0.791. The van der Waals surface area contributed by atoms with Crippen LogP contribution in [0.5, 0.6) is 23.0 Å². The molecule has 0 radical (unpaired) electrons. The summed E-state index contributed by atoms with van der Waals surface area (Å²) in [5.74, 6) is 2.69. The summed E-state index contributed by atoms with van der Waals surface area (Å²) in [5, 5.41) is 21.2. The maximum absolute atomic E-state index is 10.6. The van der Waals surface area contributed by atoms with E-state index >= 15 is 0 Å². The lowest BCUT2D eigenvalue weighted by Crippen LogP contribution is -2.25. The van der Waals surface area contributed by atoms with Crippen LogP contribution < -0.4 is 18.9 Å². The number of hydrogen-bond acceptors (Lipinski definition) is 6. The predicted molar refractivity (Wildman–Crippen MR) is 252 cm³/mol. The molecule has 0 spiro atoms. The number of rotatable bonds is 38. The van der Waals surface area contributed by atoms with Crippen LogP contribution in [0.1, 0.15) is 166 Å². The summed E-state index contributed by atoms with van der Waals surface area (Å²) in [4.78, 5) is 0. The van der Waals surface area contributed by atoms with Crippen LogP contribution in [0, 0.1) is 0 Å². The largest absolute Gasteiger partial charge is 0.491 e. The van der Waals surface area contributed by atoms with Crippen LogP contribution in [-0.4, -0.2) is 48.8 Å². The summed E-state index contributed by atoms with van der Waals surface area (Å²) in [7, 11) is 0. The van der Waals surface area contributed by atoms with Crippen molar-refractivity contribution in [2.45, 2.75) is 180 Å². The lowest BCUT2D eigenvalue weighted by molar-refractivity contribution is 0.0600. The SMILES string of the molecule is CCCCC=CCCCCCCCCCc1cccc(OCC(O)COc2cccc(OCC(O)COc3cccc(CCCCCCCCCC=CCCCC)c3)c2)c1. The zero-order valence-electron chi connectivity index (χ0n) is 37.7. The maximum Gasteiger partial charge on any atom is 0.123 e. The number of unbranched alkanes of at least 4 members (excludes halogenated alkanes) is 18. The van der Waals surface area contributed by atoms with E-state index in [4.69, 9.17) is 18.9 Å². The second kappa shape index (κ2) is 34.9. The summed E-state index contributed by atoms with van der Waals surface area (Å²) >= 11 is 0. The molecule has 60 heavy (non-hydrogen) atoms. The molecule has 2 N–H and O–H groups in total. The molecule has 0 aromatic heterocycles. The van der Waals surface area contributed by atoms with Gasteiger partial charge in [-0.3, -0.25) is 0 Å². The molecule has 6 heteroatoms. The molecule has 0 aliphatic heterocycles. The summed E-state index contributed by atoms with van der Waals surface area (Å²) in [6.07, 6.45) is 38.2. The smallest absolute Gasteiger partial charge is 0.123 e. The summed E-state index contributed by atoms with van der Waals surface area (Å²) in [5.41, 5.74) is 2.54. The quantitative estimate of drug-likeness (QED) is 0.0443. The van der Waals surface area contributed by atoms with E-state index in [9.17, 15) is 10.2 Å². The zero-order valence-corrected chi connectivity index (χ0v) is 37.7. The topological polar surface area (TPSA) is 77.4 Å². The van der Waals surface area contributed by atoms with E-state index in [1.54, 1.807) is 6.07 Å². The number of aliphatic hydroxyl groups is 2. The second-order valence-electron chi connectivity index (χ2n) is 16.6. The van der Waals surface area contributed by atoms with Crippen molar-refractivity contribution >= 4 is 0 Å². The Kier molecular flexibility index (Phi) is 29.5. The van der Waals surface area contributed by atoms with Gasteiger partial charge in [0.25, 0.3) is 0 Å². The fraction of sp³-hybridized carbons (Fsp3) is 0.593. The van der Waals surface area contributed by atoms with E-state index in [2.05, 4.69) is 62.4 Å². The third-order valence-electron chi connectivity index (χ3n) is 10.8. The second-order valence-corrected chi connectivity index (χ2v) is 16.6. The van der Waals surface area contributed by atoms with Gasteiger partial charge in [0.15, 0.2) is 0 Å². The van der Waals surface area contributed by atoms with Crippen molar-refractivity contribution in [1.29, 1.82) is 0 Å². The van der Waals surface area contributed by atoms with Crippen LogP contribution in [0.25, 0.3) is 0 Å². The molecular formula is C54H82O6. The van der Waals surface area contributed by atoms with Crippen molar-refractivity contribution in [2.75, 3.05) is 26.4 Å². The Hall–Kier alpha value is -3.74. The number of aliphatic hydroxyl groups excluding tert-OH is 2. The van der Waals surface area contributed by atoms with Gasteiger partial charge < -0.3 is 29.2 Å². The first-order valence-corrected chi connectivity index (χ1v) is 24.0. The normalized spacial score (nSPS) is 12.6. The van der Waals surface area contributed by atoms with Gasteiger partial charge in [0.1, 0.15) is 61.6 Å². The van der Waals surface area contributed by atoms with Gasteiger partial charge in [-0.2, -0.15) is 0 Å². The van der Waals surface area contributed by atoms with E-state index in [1.807, 2.05) is 42.5 Å². The Labute approximate surface area is 365 Å². The van der Waals surface area contributed by atoms with Crippen LogP contribution in [-0.2, 0) is 12.8 Å². The molecule has 0 saturated carbocycles. The van der Waals surface area contributed by atoms with Crippen LogP contribution in [0.4, 0.5) is 0 Å². The molecule has 0 heterocycles. The molecule has 0 saturated heterocycles. The van der Waals surface area contributed by atoms with Crippen molar-refractivity contribution in [1.82, 2.24) is 0 Å². The Morgan fingerprint density at radius 2 is 0.683 bits per heavy atom. The van der Waals surface area contributed by atoms with Crippen molar-refractivity contribution < 1.29 is 29.2 Å². The summed E-state index contributed by atoms with van der Waals surface area (Å²) in [6.45, 7) is 4.95. The van der Waals surface area contributed by atoms with Crippen LogP contribution in [0.3, 0.4) is 0 Å². The molecule has 2 unspecified atom stereocenters. The Morgan fingerprint density at radius 1 is 0.383 bits per heavy atom. The third kappa shape index (κ3) is 26.5. The molecule has 334 valence electrons. The molecule has 3 aromatic carbocycles. The highest BCUT2D eigenvalue weighted by Crippen LogP contribution is 2.22. The van der Waals surface area contributed by atoms with Crippen molar-refractivity contribution in [3.63, 3.8) is 0 Å². The first kappa shape index (κ1) is 50.6. The lowest BCUT2D eigenvalue weighted by atomic mass is 10.0. The monoisotopic (exact) mass is 827 g/mol. The van der Waals surface area contributed by atoms with Crippen LogP contribution in [0.2, 0.25) is 0 Å². The zero-order chi connectivity index (χ0) is 42.6. The lowest BCUT2D eigenvalue weighted by Gasteiger charge is -2.16. The molecule has 3 aromatic rings. The van der Waals surface area contributed by atoms with Gasteiger partial charge >= 0.3 is 0 Å². The molecule has 3 rings (SSSR count). The molecule has 0 aliphatic rings. The van der Waals surface area contributed by atoms with Gasteiger partial charge in [0, 0.05) is 6.07 Å². The van der Waals surface area contributed by atoms with Gasteiger partial charge in [-0.25, -0.2) is 0 Å². The predicted octanol–water partition coefficient (Wildman–Crippen LogP) is 14.1. The number of allylic oxidation sites excluding steroid dienone is 4. The Bertz CT molecular complexity index is 1410. The average molecular weight is 827 g/mol. The summed E-state index contributed by atoms with van der Waals surface area (Å²) < 4.78 is 23.5. The van der Waals surface area contributed by atoms with Gasteiger partial charge in [0.05, 0.1) is 0 Å².